The first-order valence-electron chi connectivity index (χ1n) is 9.62. The van der Waals surface area contributed by atoms with E-state index in [2.05, 4.69) is 42.8 Å². The zero-order valence-electron chi connectivity index (χ0n) is 17.0. The van der Waals surface area contributed by atoms with Gasteiger partial charge in [-0.25, -0.2) is 4.79 Å². The third-order valence-corrected chi connectivity index (χ3v) is 6.38. The number of halogens is 2. The average molecular weight is 431 g/mol. The molecule has 2 unspecified atom stereocenters. The molecule has 1 aliphatic carbocycles. The predicted octanol–water partition coefficient (Wildman–Crippen LogP) is 4.67. The van der Waals surface area contributed by atoms with Gasteiger partial charge in [-0.2, -0.15) is 17.2 Å². The van der Waals surface area contributed by atoms with Gasteiger partial charge in [0.1, 0.15) is 6.61 Å². The number of benzene rings is 1. The minimum Gasteiger partial charge on any atom is -0.459 e. The van der Waals surface area contributed by atoms with Crippen molar-refractivity contribution in [1.29, 1.82) is 0 Å². The van der Waals surface area contributed by atoms with E-state index >= 15 is 0 Å². The van der Waals surface area contributed by atoms with Crippen LogP contribution < -0.4 is 0 Å². The van der Waals surface area contributed by atoms with Gasteiger partial charge >= 0.3 is 21.3 Å². The van der Waals surface area contributed by atoms with Crippen molar-refractivity contribution < 1.29 is 31.3 Å². The fourth-order valence-corrected chi connectivity index (χ4v) is 4.19. The monoisotopic (exact) mass is 430 g/mol. The van der Waals surface area contributed by atoms with Crippen molar-refractivity contribution in [2.24, 2.45) is 5.41 Å². The van der Waals surface area contributed by atoms with Crippen molar-refractivity contribution in [2.45, 2.75) is 63.5 Å². The zero-order chi connectivity index (χ0) is 21.9. The number of allylic oxidation sites excluding steroid dienone is 1. The summed E-state index contributed by atoms with van der Waals surface area (Å²) < 4.78 is 61.8. The lowest BCUT2D eigenvalue weighted by molar-refractivity contribution is -0.164. The van der Waals surface area contributed by atoms with Crippen LogP contribution in [-0.4, -0.2) is 30.8 Å². The van der Waals surface area contributed by atoms with Crippen molar-refractivity contribution in [3.63, 3.8) is 0 Å². The van der Waals surface area contributed by atoms with Crippen molar-refractivity contribution in [3.05, 3.63) is 47.5 Å². The number of carbonyl (C=O) groups is 1. The summed E-state index contributed by atoms with van der Waals surface area (Å²) >= 11 is 0. The molecule has 0 aromatic heterocycles. The Hall–Kier alpha value is -1.80. The van der Waals surface area contributed by atoms with Gasteiger partial charge in [-0.15, -0.1) is 0 Å². The molecule has 0 fully saturated rings. The lowest BCUT2D eigenvalue weighted by Gasteiger charge is -2.40. The van der Waals surface area contributed by atoms with Crippen molar-refractivity contribution in [1.82, 2.24) is 0 Å². The topological polar surface area (TPSA) is 80.7 Å². The summed E-state index contributed by atoms with van der Waals surface area (Å²) in [6.45, 7) is 5.54. The second-order valence-corrected chi connectivity index (χ2v) is 9.77. The minimum absolute atomic E-state index is 0.274. The maximum absolute atomic E-state index is 13.5. The molecular formula is C21H28F2O5S. The largest absolute Gasteiger partial charge is 0.465 e. The van der Waals surface area contributed by atoms with Gasteiger partial charge in [0, 0.05) is 5.41 Å². The van der Waals surface area contributed by atoms with E-state index in [0.717, 1.165) is 31.2 Å². The van der Waals surface area contributed by atoms with Crippen LogP contribution in [0.25, 0.3) is 0 Å². The van der Waals surface area contributed by atoms with Crippen LogP contribution >= 0.6 is 0 Å². The van der Waals surface area contributed by atoms with Crippen LogP contribution in [0.4, 0.5) is 8.78 Å². The third kappa shape index (κ3) is 5.42. The highest BCUT2D eigenvalue weighted by atomic mass is 32.2. The molecular weight excluding hydrogens is 402 g/mol. The molecule has 0 amide bonds. The molecule has 0 aliphatic heterocycles. The van der Waals surface area contributed by atoms with Gasteiger partial charge in [0.15, 0.2) is 0 Å². The standard InChI is InChI=1S/C21H28F2O5S/c1-4-16-8-10-17(11-9-16)20(3)13-7-5-6-12-19(2,14-20)15-28-18(24)21(22,23)29(25,26)27/h6,8-12H,4-5,7,13-15H2,1-3H3,(H,25,26,27). The van der Waals surface area contributed by atoms with Crippen molar-refractivity contribution in [3.8, 4) is 0 Å². The van der Waals surface area contributed by atoms with Crippen LogP contribution in [0.3, 0.4) is 0 Å². The lowest BCUT2D eigenvalue weighted by atomic mass is 9.66. The van der Waals surface area contributed by atoms with Gasteiger partial charge in [0.2, 0.25) is 0 Å². The normalized spacial score (nSPS) is 25.9. The predicted molar refractivity (Wildman–Crippen MR) is 106 cm³/mol. The summed E-state index contributed by atoms with van der Waals surface area (Å²) in [5, 5.41) is -4.99. The first-order valence-corrected chi connectivity index (χ1v) is 11.1. The molecule has 1 aromatic carbocycles. The van der Waals surface area contributed by atoms with E-state index < -0.39 is 33.4 Å². The van der Waals surface area contributed by atoms with Gasteiger partial charge < -0.3 is 4.74 Å². The van der Waals surface area contributed by atoms with E-state index in [4.69, 9.17) is 4.55 Å². The highest BCUT2D eigenvalue weighted by Crippen LogP contribution is 2.43. The summed E-state index contributed by atoms with van der Waals surface area (Å²) in [7, 11) is -5.89. The van der Waals surface area contributed by atoms with E-state index in [1.807, 2.05) is 12.2 Å². The molecule has 0 saturated carbocycles. The Morgan fingerprint density at radius 2 is 1.86 bits per heavy atom. The quantitative estimate of drug-likeness (QED) is 0.403. The molecule has 8 heteroatoms. The van der Waals surface area contributed by atoms with E-state index in [0.29, 0.717) is 6.42 Å². The first-order chi connectivity index (χ1) is 13.3. The van der Waals surface area contributed by atoms with Gasteiger partial charge in [-0.3, -0.25) is 4.55 Å². The molecule has 2 atom stereocenters. The van der Waals surface area contributed by atoms with Gasteiger partial charge in [0.05, 0.1) is 0 Å². The zero-order valence-corrected chi connectivity index (χ0v) is 17.8. The van der Waals surface area contributed by atoms with Crippen LogP contribution in [0.2, 0.25) is 0 Å². The Balaban J connectivity index is 2.24. The second-order valence-electron chi connectivity index (χ2n) is 8.30. The molecule has 0 bridgehead atoms. The number of hydrogen-bond acceptors (Lipinski definition) is 4. The molecule has 162 valence electrons. The summed E-state index contributed by atoms with van der Waals surface area (Å²) in [5.41, 5.74) is 1.28. The maximum atomic E-state index is 13.5. The fraction of sp³-hybridized carbons (Fsp3) is 0.571. The fourth-order valence-electron chi connectivity index (χ4n) is 3.92. The summed E-state index contributed by atoms with van der Waals surface area (Å²) in [5.74, 6) is -2.27. The van der Waals surface area contributed by atoms with E-state index in [-0.39, 0.29) is 5.41 Å². The van der Waals surface area contributed by atoms with E-state index in [1.165, 1.54) is 5.56 Å². The highest BCUT2D eigenvalue weighted by molar-refractivity contribution is 7.87. The highest BCUT2D eigenvalue weighted by Gasteiger charge is 2.54. The lowest BCUT2D eigenvalue weighted by Crippen LogP contribution is -2.41. The number of ether oxygens (including phenoxy) is 1. The van der Waals surface area contributed by atoms with Crippen LogP contribution in [-0.2, 0) is 31.5 Å². The van der Waals surface area contributed by atoms with Crippen molar-refractivity contribution >= 4 is 16.1 Å². The number of rotatable bonds is 6. The molecule has 2 rings (SSSR count). The van der Waals surface area contributed by atoms with Crippen molar-refractivity contribution in [2.75, 3.05) is 6.61 Å². The molecule has 1 N–H and O–H groups in total. The summed E-state index contributed by atoms with van der Waals surface area (Å²) in [4.78, 5) is 11.6. The SMILES string of the molecule is CCc1ccc(C2(C)CCCC=CC(C)(COC(=O)C(F)(F)S(=O)(=O)O)C2)cc1. The smallest absolute Gasteiger partial charge is 0.459 e. The van der Waals surface area contributed by atoms with Gasteiger partial charge in [0.25, 0.3) is 0 Å². The van der Waals surface area contributed by atoms with E-state index in [9.17, 15) is 22.0 Å². The Morgan fingerprint density at radius 3 is 2.41 bits per heavy atom. The third-order valence-electron chi connectivity index (χ3n) is 5.57. The molecule has 0 radical (unpaired) electrons. The second kappa shape index (κ2) is 8.52. The molecule has 0 saturated heterocycles. The Morgan fingerprint density at radius 1 is 1.24 bits per heavy atom. The molecule has 0 heterocycles. The summed E-state index contributed by atoms with van der Waals surface area (Å²) in [6.07, 6.45) is 7.83. The van der Waals surface area contributed by atoms with Crippen LogP contribution in [0.5, 0.6) is 0 Å². The van der Waals surface area contributed by atoms with Crippen LogP contribution in [0.15, 0.2) is 36.4 Å². The number of aryl methyl sites for hydroxylation is 1. The molecule has 1 aromatic rings. The Labute approximate surface area is 170 Å². The van der Waals surface area contributed by atoms with Gasteiger partial charge in [-0.05, 0) is 48.6 Å². The first kappa shape index (κ1) is 23.5. The Kier molecular flexibility index (Phi) is 6.89. The molecule has 5 nitrogen and oxygen atoms in total. The maximum Gasteiger partial charge on any atom is 0.465 e. The molecule has 1 aliphatic rings. The molecule has 0 spiro atoms. The van der Waals surface area contributed by atoms with Gasteiger partial charge in [-0.1, -0.05) is 57.2 Å². The summed E-state index contributed by atoms with van der Waals surface area (Å²) in [6, 6.07) is 8.28. The average Bonchev–Trinajstić information content (AvgIpc) is 2.63. The number of alkyl halides is 2. The minimum atomic E-state index is -5.89. The van der Waals surface area contributed by atoms with E-state index in [1.54, 1.807) is 6.92 Å². The molecule has 29 heavy (non-hydrogen) atoms. The van der Waals surface area contributed by atoms with Crippen LogP contribution in [0.1, 0.15) is 57.6 Å². The Bertz CT molecular complexity index is 864. The number of hydrogen-bond donors (Lipinski definition) is 1. The van der Waals surface area contributed by atoms with Crippen LogP contribution in [0, 0.1) is 5.41 Å². The number of carbonyl (C=O) groups excluding carboxylic acids is 1. The number of esters is 1.